The van der Waals surface area contributed by atoms with Crippen molar-refractivity contribution in [1.29, 1.82) is 0 Å². The fourth-order valence-corrected chi connectivity index (χ4v) is 1.79. The standard InChI is InChI=1S/C18H30O2/c1-2-3-4-5-6-7-8-9-12-15-18(20)16-13-10-11-14-17-19/h6-7,9,12-13,16-18,20H,2-5,8,10-11,14-15H2,1H3/b7-6-,12-9-,16-13+. The van der Waals surface area contributed by atoms with Gasteiger partial charge in [0.1, 0.15) is 6.29 Å². The number of carbonyl (C=O) groups excluding carboxylic acids is 1. The summed E-state index contributed by atoms with van der Waals surface area (Å²) >= 11 is 0. The van der Waals surface area contributed by atoms with Crippen LogP contribution in [0.2, 0.25) is 0 Å². The van der Waals surface area contributed by atoms with Gasteiger partial charge in [0.05, 0.1) is 6.10 Å². The maximum absolute atomic E-state index is 10.1. The zero-order valence-electron chi connectivity index (χ0n) is 12.8. The number of aliphatic hydroxyl groups is 1. The lowest BCUT2D eigenvalue weighted by molar-refractivity contribution is -0.107. The Morgan fingerprint density at radius 3 is 2.40 bits per heavy atom. The third-order valence-electron chi connectivity index (χ3n) is 3.01. The van der Waals surface area contributed by atoms with Crippen molar-refractivity contribution in [3.8, 4) is 0 Å². The summed E-state index contributed by atoms with van der Waals surface area (Å²) in [5.74, 6) is 0. The quantitative estimate of drug-likeness (QED) is 0.300. The molecule has 0 amide bonds. The first-order chi connectivity index (χ1) is 9.81. The summed E-state index contributed by atoms with van der Waals surface area (Å²) in [4.78, 5) is 10.1. The Morgan fingerprint density at radius 2 is 1.65 bits per heavy atom. The van der Waals surface area contributed by atoms with Crippen LogP contribution in [-0.4, -0.2) is 17.5 Å². The Kier molecular flexibility index (Phi) is 15.0. The van der Waals surface area contributed by atoms with E-state index in [1.807, 2.05) is 18.2 Å². The number of hydrogen-bond donors (Lipinski definition) is 1. The predicted molar refractivity (Wildman–Crippen MR) is 86.7 cm³/mol. The molecule has 0 saturated heterocycles. The molecule has 1 N–H and O–H groups in total. The van der Waals surface area contributed by atoms with Gasteiger partial charge in [-0.25, -0.2) is 0 Å². The van der Waals surface area contributed by atoms with Crippen molar-refractivity contribution in [1.82, 2.24) is 0 Å². The van der Waals surface area contributed by atoms with E-state index in [1.165, 1.54) is 25.7 Å². The molecule has 0 aromatic rings. The minimum atomic E-state index is -0.406. The summed E-state index contributed by atoms with van der Waals surface area (Å²) in [6.07, 6.45) is 21.8. The van der Waals surface area contributed by atoms with Crippen molar-refractivity contribution in [3.05, 3.63) is 36.5 Å². The van der Waals surface area contributed by atoms with Crippen LogP contribution >= 0.6 is 0 Å². The Labute approximate surface area is 124 Å². The maximum atomic E-state index is 10.1. The molecule has 0 aromatic carbocycles. The van der Waals surface area contributed by atoms with Crippen molar-refractivity contribution < 1.29 is 9.90 Å². The average Bonchev–Trinajstić information content (AvgIpc) is 2.45. The minimum absolute atomic E-state index is 0.406. The second-order valence-electron chi connectivity index (χ2n) is 5.00. The molecule has 114 valence electrons. The van der Waals surface area contributed by atoms with E-state index in [2.05, 4.69) is 25.2 Å². The van der Waals surface area contributed by atoms with Crippen LogP contribution in [0.3, 0.4) is 0 Å². The fraction of sp³-hybridized carbons (Fsp3) is 0.611. The van der Waals surface area contributed by atoms with E-state index in [-0.39, 0.29) is 0 Å². The van der Waals surface area contributed by atoms with Gasteiger partial charge in [-0.05, 0) is 38.5 Å². The Balaban J connectivity index is 3.50. The molecule has 0 radical (unpaired) electrons. The maximum Gasteiger partial charge on any atom is 0.120 e. The lowest BCUT2D eigenvalue weighted by atomic mass is 10.1. The van der Waals surface area contributed by atoms with Gasteiger partial charge in [0.25, 0.3) is 0 Å². The van der Waals surface area contributed by atoms with Crippen LogP contribution in [0.4, 0.5) is 0 Å². The first-order valence-electron chi connectivity index (χ1n) is 7.89. The summed E-state index contributed by atoms with van der Waals surface area (Å²) in [7, 11) is 0. The first-order valence-corrected chi connectivity index (χ1v) is 7.89. The van der Waals surface area contributed by atoms with Gasteiger partial charge in [0, 0.05) is 6.42 Å². The molecule has 20 heavy (non-hydrogen) atoms. The highest BCUT2D eigenvalue weighted by Crippen LogP contribution is 2.02. The Hall–Kier alpha value is -1.15. The smallest absolute Gasteiger partial charge is 0.120 e. The lowest BCUT2D eigenvalue weighted by Crippen LogP contribution is -1.98. The van der Waals surface area contributed by atoms with Crippen LogP contribution in [0.15, 0.2) is 36.5 Å². The normalized spacial score (nSPS) is 13.7. The lowest BCUT2D eigenvalue weighted by Gasteiger charge is -1.99. The number of rotatable bonds is 13. The molecule has 0 rings (SSSR count). The number of aliphatic hydroxyl groups excluding tert-OH is 1. The van der Waals surface area contributed by atoms with Gasteiger partial charge >= 0.3 is 0 Å². The van der Waals surface area contributed by atoms with E-state index in [0.717, 1.165) is 25.5 Å². The van der Waals surface area contributed by atoms with Gasteiger partial charge in [-0.1, -0.05) is 56.2 Å². The largest absolute Gasteiger partial charge is 0.389 e. The molecule has 2 nitrogen and oxygen atoms in total. The van der Waals surface area contributed by atoms with Crippen LogP contribution in [-0.2, 0) is 4.79 Å². The van der Waals surface area contributed by atoms with Crippen LogP contribution in [0.5, 0.6) is 0 Å². The van der Waals surface area contributed by atoms with E-state index in [9.17, 15) is 9.90 Å². The summed E-state index contributed by atoms with van der Waals surface area (Å²) in [5.41, 5.74) is 0. The average molecular weight is 278 g/mol. The van der Waals surface area contributed by atoms with E-state index in [1.54, 1.807) is 0 Å². The van der Waals surface area contributed by atoms with Crippen molar-refractivity contribution in [2.75, 3.05) is 0 Å². The molecule has 1 unspecified atom stereocenters. The zero-order valence-corrected chi connectivity index (χ0v) is 12.8. The Bertz CT molecular complexity index is 290. The minimum Gasteiger partial charge on any atom is -0.389 e. The van der Waals surface area contributed by atoms with E-state index in [4.69, 9.17) is 0 Å². The fourth-order valence-electron chi connectivity index (χ4n) is 1.79. The van der Waals surface area contributed by atoms with Gasteiger partial charge in [0.2, 0.25) is 0 Å². The van der Waals surface area contributed by atoms with Crippen molar-refractivity contribution in [2.45, 2.75) is 70.8 Å². The van der Waals surface area contributed by atoms with Gasteiger partial charge in [-0.3, -0.25) is 0 Å². The van der Waals surface area contributed by atoms with Crippen LogP contribution in [0, 0.1) is 0 Å². The summed E-state index contributed by atoms with van der Waals surface area (Å²) in [6, 6.07) is 0. The zero-order chi connectivity index (χ0) is 14.9. The first kappa shape index (κ1) is 18.9. The number of carbonyl (C=O) groups is 1. The third kappa shape index (κ3) is 14.9. The molecular weight excluding hydrogens is 248 g/mol. The molecule has 1 atom stereocenters. The molecule has 0 aliphatic carbocycles. The van der Waals surface area contributed by atoms with Crippen molar-refractivity contribution >= 4 is 6.29 Å². The highest BCUT2D eigenvalue weighted by atomic mass is 16.3. The number of hydrogen-bond acceptors (Lipinski definition) is 2. The predicted octanol–water partition coefficient (Wildman–Crippen LogP) is 4.75. The Morgan fingerprint density at radius 1 is 0.900 bits per heavy atom. The molecule has 0 aromatic heterocycles. The molecule has 0 saturated carbocycles. The number of unbranched alkanes of at least 4 members (excludes halogenated alkanes) is 5. The monoisotopic (exact) mass is 278 g/mol. The second kappa shape index (κ2) is 15.9. The molecule has 2 heteroatoms. The van der Waals surface area contributed by atoms with Gasteiger partial charge in [-0.15, -0.1) is 0 Å². The number of aldehydes is 1. The third-order valence-corrected chi connectivity index (χ3v) is 3.01. The molecule has 0 spiro atoms. The van der Waals surface area contributed by atoms with Crippen molar-refractivity contribution in [3.63, 3.8) is 0 Å². The second-order valence-corrected chi connectivity index (χ2v) is 5.00. The summed E-state index contributed by atoms with van der Waals surface area (Å²) in [5, 5.41) is 9.68. The number of allylic oxidation sites excluding steroid dienone is 4. The van der Waals surface area contributed by atoms with Crippen LogP contribution in [0.25, 0.3) is 0 Å². The SMILES string of the molecule is CCCCC/C=C\C/C=C\CC(O)/C=C/CCCC=O. The van der Waals surface area contributed by atoms with Gasteiger partial charge < -0.3 is 9.90 Å². The highest BCUT2D eigenvalue weighted by Gasteiger charge is 1.93. The van der Waals surface area contributed by atoms with Gasteiger partial charge in [0.15, 0.2) is 0 Å². The molecule has 0 aliphatic heterocycles. The molecule has 0 bridgehead atoms. The molecule has 0 aliphatic rings. The molecular formula is C18H30O2. The van der Waals surface area contributed by atoms with Crippen LogP contribution in [0.1, 0.15) is 64.7 Å². The van der Waals surface area contributed by atoms with Gasteiger partial charge in [-0.2, -0.15) is 0 Å². The molecule has 0 heterocycles. The van der Waals surface area contributed by atoms with Crippen LogP contribution < -0.4 is 0 Å². The summed E-state index contributed by atoms with van der Waals surface area (Å²) < 4.78 is 0. The van der Waals surface area contributed by atoms with Crippen molar-refractivity contribution in [2.24, 2.45) is 0 Å². The van der Waals surface area contributed by atoms with E-state index < -0.39 is 6.10 Å². The summed E-state index contributed by atoms with van der Waals surface area (Å²) in [6.45, 7) is 2.22. The van der Waals surface area contributed by atoms with E-state index in [0.29, 0.717) is 12.8 Å². The molecule has 0 fully saturated rings. The topological polar surface area (TPSA) is 37.3 Å². The highest BCUT2D eigenvalue weighted by molar-refractivity contribution is 5.49. The van der Waals surface area contributed by atoms with E-state index >= 15 is 0 Å².